The van der Waals surface area contributed by atoms with Gasteiger partial charge in [-0.25, -0.2) is 4.39 Å². The van der Waals surface area contributed by atoms with Gasteiger partial charge in [-0.15, -0.1) is 0 Å². The highest BCUT2D eigenvalue weighted by molar-refractivity contribution is 5.85. The number of anilines is 1. The third kappa shape index (κ3) is 5.98. The molecule has 1 N–H and O–H groups in total. The molecule has 1 aliphatic rings. The van der Waals surface area contributed by atoms with Crippen LogP contribution in [0.25, 0.3) is 0 Å². The standard InChI is InChI=1S/C19H29FN4O2/c1-19(2,3)21-17(25)13-22(4)18(26)14-23-9-11-24(12-10-23)16-8-6-5-7-15(16)20/h5-8H,9-14H2,1-4H3,(H,21,25). The first kappa shape index (κ1) is 20.2. The number of para-hydroxylation sites is 1. The number of benzene rings is 1. The van der Waals surface area contributed by atoms with Crippen LogP contribution in [0, 0.1) is 5.82 Å². The van der Waals surface area contributed by atoms with Crippen LogP contribution in [0.5, 0.6) is 0 Å². The second-order valence-corrected chi connectivity index (χ2v) is 7.76. The molecule has 0 aliphatic carbocycles. The van der Waals surface area contributed by atoms with Crippen LogP contribution in [-0.4, -0.2) is 73.5 Å². The van der Waals surface area contributed by atoms with Gasteiger partial charge in [-0.05, 0) is 32.9 Å². The van der Waals surface area contributed by atoms with Gasteiger partial charge in [0.05, 0.1) is 18.8 Å². The molecule has 1 saturated heterocycles. The normalized spacial score (nSPS) is 15.7. The van der Waals surface area contributed by atoms with Crippen molar-refractivity contribution in [3.8, 4) is 0 Å². The number of hydrogen-bond donors (Lipinski definition) is 1. The highest BCUT2D eigenvalue weighted by Gasteiger charge is 2.23. The zero-order valence-corrected chi connectivity index (χ0v) is 16.1. The van der Waals surface area contributed by atoms with E-state index in [9.17, 15) is 14.0 Å². The molecule has 2 amide bonds. The number of nitrogens with one attached hydrogen (secondary N) is 1. The molecule has 0 bridgehead atoms. The maximum Gasteiger partial charge on any atom is 0.240 e. The fourth-order valence-electron chi connectivity index (χ4n) is 2.93. The summed E-state index contributed by atoms with van der Waals surface area (Å²) in [4.78, 5) is 29.8. The van der Waals surface area contributed by atoms with Gasteiger partial charge in [-0.2, -0.15) is 0 Å². The predicted molar refractivity (Wildman–Crippen MR) is 101 cm³/mol. The molecular weight excluding hydrogens is 335 g/mol. The first-order valence-corrected chi connectivity index (χ1v) is 8.92. The summed E-state index contributed by atoms with van der Waals surface area (Å²) in [6.45, 7) is 8.73. The van der Waals surface area contributed by atoms with Crippen LogP contribution < -0.4 is 10.2 Å². The summed E-state index contributed by atoms with van der Waals surface area (Å²) in [5.74, 6) is -0.479. The third-order valence-electron chi connectivity index (χ3n) is 4.25. The van der Waals surface area contributed by atoms with E-state index in [1.54, 1.807) is 19.2 Å². The second-order valence-electron chi connectivity index (χ2n) is 7.76. The van der Waals surface area contributed by atoms with Gasteiger partial charge in [0.2, 0.25) is 11.8 Å². The average Bonchev–Trinajstić information content (AvgIpc) is 2.54. The minimum absolute atomic E-state index is 0.0469. The highest BCUT2D eigenvalue weighted by Crippen LogP contribution is 2.20. The first-order valence-electron chi connectivity index (χ1n) is 8.92. The van der Waals surface area contributed by atoms with Crippen LogP contribution in [0.2, 0.25) is 0 Å². The minimum Gasteiger partial charge on any atom is -0.367 e. The number of carbonyl (C=O) groups is 2. The Morgan fingerprint density at radius 1 is 1.15 bits per heavy atom. The van der Waals surface area contributed by atoms with Gasteiger partial charge in [0.25, 0.3) is 0 Å². The molecule has 1 fully saturated rings. The van der Waals surface area contributed by atoms with E-state index in [-0.39, 0.29) is 36.3 Å². The molecule has 0 unspecified atom stereocenters. The van der Waals surface area contributed by atoms with Crippen molar-refractivity contribution < 1.29 is 14.0 Å². The van der Waals surface area contributed by atoms with E-state index in [0.29, 0.717) is 31.9 Å². The smallest absolute Gasteiger partial charge is 0.240 e. The molecular formula is C19H29FN4O2. The number of likely N-dealkylation sites (N-methyl/N-ethyl adjacent to an activating group) is 1. The van der Waals surface area contributed by atoms with Crippen molar-refractivity contribution in [2.45, 2.75) is 26.3 Å². The molecule has 0 saturated carbocycles. The summed E-state index contributed by atoms with van der Waals surface area (Å²) < 4.78 is 13.9. The van der Waals surface area contributed by atoms with E-state index < -0.39 is 0 Å². The minimum atomic E-state index is -0.315. The van der Waals surface area contributed by atoms with Crippen LogP contribution in [0.15, 0.2) is 24.3 Å². The molecule has 7 heteroatoms. The molecule has 0 radical (unpaired) electrons. The number of hydrogen-bond acceptors (Lipinski definition) is 4. The van der Waals surface area contributed by atoms with E-state index in [0.717, 1.165) is 0 Å². The summed E-state index contributed by atoms with van der Waals surface area (Å²) >= 11 is 0. The third-order valence-corrected chi connectivity index (χ3v) is 4.25. The van der Waals surface area contributed by atoms with Crippen LogP contribution in [0.4, 0.5) is 10.1 Å². The molecule has 6 nitrogen and oxygen atoms in total. The topological polar surface area (TPSA) is 55.9 Å². The van der Waals surface area contributed by atoms with Crippen molar-refractivity contribution in [1.29, 1.82) is 0 Å². The monoisotopic (exact) mass is 364 g/mol. The van der Waals surface area contributed by atoms with Crippen molar-refractivity contribution >= 4 is 17.5 Å². The van der Waals surface area contributed by atoms with Crippen LogP contribution in [-0.2, 0) is 9.59 Å². The zero-order valence-electron chi connectivity index (χ0n) is 16.1. The molecule has 1 heterocycles. The zero-order chi connectivity index (χ0) is 19.3. The Bertz CT molecular complexity index is 637. The van der Waals surface area contributed by atoms with Crippen LogP contribution in [0.1, 0.15) is 20.8 Å². The molecule has 0 aromatic heterocycles. The number of piperazine rings is 1. The lowest BCUT2D eigenvalue weighted by molar-refractivity contribution is -0.136. The molecule has 1 aromatic rings. The molecule has 0 atom stereocenters. The van der Waals surface area contributed by atoms with E-state index in [1.807, 2.05) is 36.6 Å². The van der Waals surface area contributed by atoms with Crippen molar-refractivity contribution in [2.75, 3.05) is 51.2 Å². The molecule has 144 valence electrons. The summed E-state index contributed by atoms with van der Waals surface area (Å²) in [5.41, 5.74) is 0.291. The van der Waals surface area contributed by atoms with Crippen molar-refractivity contribution in [3.63, 3.8) is 0 Å². The Labute approximate surface area is 154 Å². The second kappa shape index (κ2) is 8.49. The van der Waals surface area contributed by atoms with Crippen molar-refractivity contribution in [2.24, 2.45) is 0 Å². The summed E-state index contributed by atoms with van der Waals surface area (Å²) in [6, 6.07) is 6.74. The number of rotatable bonds is 5. The molecule has 2 rings (SSSR count). The fraction of sp³-hybridized carbons (Fsp3) is 0.579. The lowest BCUT2D eigenvalue weighted by Crippen LogP contribution is -2.51. The average molecular weight is 364 g/mol. The maximum absolute atomic E-state index is 13.9. The Balaban J connectivity index is 1.79. The maximum atomic E-state index is 13.9. The molecule has 0 spiro atoms. The largest absolute Gasteiger partial charge is 0.367 e. The summed E-state index contributed by atoms with van der Waals surface area (Å²) in [5, 5.41) is 2.85. The van der Waals surface area contributed by atoms with Crippen LogP contribution in [0.3, 0.4) is 0 Å². The van der Waals surface area contributed by atoms with Crippen LogP contribution >= 0.6 is 0 Å². The Kier molecular flexibility index (Phi) is 6.58. The first-order chi connectivity index (χ1) is 12.2. The van der Waals surface area contributed by atoms with E-state index in [4.69, 9.17) is 0 Å². The van der Waals surface area contributed by atoms with E-state index in [1.165, 1.54) is 11.0 Å². The molecule has 1 aliphatic heterocycles. The Morgan fingerprint density at radius 2 is 1.77 bits per heavy atom. The Hall–Kier alpha value is -2.15. The van der Waals surface area contributed by atoms with Gasteiger partial charge in [0.15, 0.2) is 0 Å². The lowest BCUT2D eigenvalue weighted by Gasteiger charge is -2.36. The van der Waals surface area contributed by atoms with Gasteiger partial charge in [0.1, 0.15) is 5.82 Å². The summed E-state index contributed by atoms with van der Waals surface area (Å²) in [6.07, 6.45) is 0. The Morgan fingerprint density at radius 3 is 2.35 bits per heavy atom. The highest BCUT2D eigenvalue weighted by atomic mass is 19.1. The van der Waals surface area contributed by atoms with Gasteiger partial charge < -0.3 is 15.1 Å². The SMILES string of the molecule is CN(CC(=O)NC(C)(C)C)C(=O)CN1CCN(c2ccccc2F)CC1. The lowest BCUT2D eigenvalue weighted by atomic mass is 10.1. The number of amides is 2. The molecule has 1 aromatic carbocycles. The van der Waals surface area contributed by atoms with Crippen molar-refractivity contribution in [3.05, 3.63) is 30.1 Å². The summed E-state index contributed by atoms with van der Waals surface area (Å²) in [7, 11) is 1.64. The number of halogens is 1. The van der Waals surface area contributed by atoms with E-state index in [2.05, 4.69) is 5.32 Å². The van der Waals surface area contributed by atoms with Crippen molar-refractivity contribution in [1.82, 2.24) is 15.1 Å². The van der Waals surface area contributed by atoms with Gasteiger partial charge >= 0.3 is 0 Å². The predicted octanol–water partition coefficient (Wildman–Crippen LogP) is 1.32. The quantitative estimate of drug-likeness (QED) is 0.856. The number of carbonyl (C=O) groups excluding carboxylic acids is 2. The fourth-order valence-corrected chi connectivity index (χ4v) is 2.93. The van der Waals surface area contributed by atoms with E-state index >= 15 is 0 Å². The van der Waals surface area contributed by atoms with Gasteiger partial charge in [-0.3, -0.25) is 14.5 Å². The van der Waals surface area contributed by atoms with Gasteiger partial charge in [-0.1, -0.05) is 12.1 Å². The number of nitrogens with zero attached hydrogens (tertiary/aromatic N) is 3. The molecule has 26 heavy (non-hydrogen) atoms. The van der Waals surface area contributed by atoms with Gasteiger partial charge in [0, 0.05) is 38.8 Å².